The summed E-state index contributed by atoms with van der Waals surface area (Å²) < 4.78 is 28.5. The second-order valence-corrected chi connectivity index (χ2v) is 7.86. The molecule has 0 N–H and O–H groups in total. The van der Waals surface area contributed by atoms with E-state index in [9.17, 15) is 9.59 Å². The first kappa shape index (κ1) is 19.9. The summed E-state index contributed by atoms with van der Waals surface area (Å²) in [6, 6.07) is 9.73. The molecule has 1 saturated carbocycles. The lowest BCUT2D eigenvalue weighted by atomic mass is 9.65. The number of carbonyl (C=O) groups excluding carboxylic acids is 2. The van der Waals surface area contributed by atoms with E-state index in [2.05, 4.69) is 0 Å². The number of hydrogen-bond acceptors (Lipinski definition) is 7. The Labute approximate surface area is 169 Å². The number of methoxy groups -OCH3 is 1. The number of rotatable bonds is 5. The lowest BCUT2D eigenvalue weighted by Gasteiger charge is -2.47. The van der Waals surface area contributed by atoms with Gasteiger partial charge in [0.15, 0.2) is 11.9 Å². The van der Waals surface area contributed by atoms with E-state index >= 15 is 0 Å². The molecule has 7 nitrogen and oxygen atoms in total. The van der Waals surface area contributed by atoms with E-state index in [1.165, 1.54) is 13.2 Å². The highest BCUT2D eigenvalue weighted by Crippen LogP contribution is 2.52. The van der Waals surface area contributed by atoms with Gasteiger partial charge in [-0.25, -0.2) is 4.79 Å². The van der Waals surface area contributed by atoms with Crippen LogP contribution >= 0.6 is 0 Å². The van der Waals surface area contributed by atoms with Gasteiger partial charge in [0.1, 0.15) is 12.4 Å². The first-order valence-electron chi connectivity index (χ1n) is 9.96. The zero-order chi connectivity index (χ0) is 20.4. The Kier molecular flexibility index (Phi) is 5.61. The average Bonchev–Trinajstić information content (AvgIpc) is 3.35. The van der Waals surface area contributed by atoms with Crippen LogP contribution in [0.4, 0.5) is 0 Å². The van der Waals surface area contributed by atoms with Gasteiger partial charge >= 0.3 is 11.9 Å². The smallest absolute Gasteiger partial charge is 0.335 e. The van der Waals surface area contributed by atoms with E-state index in [1.54, 1.807) is 0 Å². The number of carbonyl (C=O) groups is 2. The summed E-state index contributed by atoms with van der Waals surface area (Å²) in [7, 11) is 1.39. The van der Waals surface area contributed by atoms with Crippen LogP contribution in [0.25, 0.3) is 0 Å². The standard InChI is InChI=1S/C22H26O7/c1-14-12-22(17(21-26-8-9-27-21)10-16(14)20(24)25-2)18(11-19(23)29-22)28-13-15-6-4-3-5-7-15/h3-7,11,14,16-17,21H,8-10,12-13H2,1-2H3/t14-,16-,17+,22+/m1/s1. The average molecular weight is 402 g/mol. The molecule has 1 spiro atoms. The van der Waals surface area contributed by atoms with Gasteiger partial charge in [0.25, 0.3) is 0 Å². The maximum absolute atomic E-state index is 12.3. The lowest BCUT2D eigenvalue weighted by Crippen LogP contribution is -2.54. The normalized spacial score (nSPS) is 32.1. The van der Waals surface area contributed by atoms with E-state index < -0.39 is 17.9 Å². The molecule has 1 saturated heterocycles. The van der Waals surface area contributed by atoms with Gasteiger partial charge in [-0.05, 0) is 24.3 Å². The highest BCUT2D eigenvalue weighted by molar-refractivity contribution is 5.86. The summed E-state index contributed by atoms with van der Waals surface area (Å²) >= 11 is 0. The van der Waals surface area contributed by atoms with Crippen LogP contribution in [0.15, 0.2) is 42.2 Å². The minimum Gasteiger partial charge on any atom is -0.489 e. The van der Waals surface area contributed by atoms with Gasteiger partial charge in [0, 0.05) is 0 Å². The molecule has 29 heavy (non-hydrogen) atoms. The quantitative estimate of drug-likeness (QED) is 0.701. The number of benzene rings is 1. The lowest BCUT2D eigenvalue weighted by molar-refractivity contribution is -0.201. The maximum Gasteiger partial charge on any atom is 0.335 e. The zero-order valence-corrected chi connectivity index (χ0v) is 16.7. The van der Waals surface area contributed by atoms with Gasteiger partial charge in [-0.1, -0.05) is 37.3 Å². The second kappa shape index (κ2) is 8.16. The largest absolute Gasteiger partial charge is 0.489 e. The van der Waals surface area contributed by atoms with Crippen molar-refractivity contribution in [1.29, 1.82) is 0 Å². The fourth-order valence-corrected chi connectivity index (χ4v) is 4.68. The van der Waals surface area contributed by atoms with Crippen LogP contribution in [0, 0.1) is 17.8 Å². The van der Waals surface area contributed by atoms with Gasteiger partial charge in [-0.3, -0.25) is 4.79 Å². The van der Waals surface area contributed by atoms with Crippen molar-refractivity contribution in [3.8, 4) is 0 Å². The second-order valence-electron chi connectivity index (χ2n) is 7.86. The third-order valence-corrected chi connectivity index (χ3v) is 6.08. The molecule has 3 aliphatic rings. The van der Waals surface area contributed by atoms with Gasteiger partial charge in [-0.15, -0.1) is 0 Å². The Morgan fingerprint density at radius 1 is 1.21 bits per heavy atom. The van der Waals surface area contributed by atoms with Crippen molar-refractivity contribution >= 4 is 11.9 Å². The van der Waals surface area contributed by atoms with Crippen molar-refractivity contribution in [1.82, 2.24) is 0 Å². The monoisotopic (exact) mass is 402 g/mol. The molecular weight excluding hydrogens is 376 g/mol. The molecule has 4 rings (SSSR count). The first-order chi connectivity index (χ1) is 14.0. The Hall–Kier alpha value is -2.38. The van der Waals surface area contributed by atoms with E-state index in [-0.39, 0.29) is 23.7 Å². The van der Waals surface area contributed by atoms with E-state index in [0.717, 1.165) is 5.56 Å². The fourth-order valence-electron chi connectivity index (χ4n) is 4.68. The molecule has 0 bridgehead atoms. The summed E-state index contributed by atoms with van der Waals surface area (Å²) in [5, 5.41) is 0. The van der Waals surface area contributed by atoms with Crippen molar-refractivity contribution in [3.63, 3.8) is 0 Å². The fraction of sp³-hybridized carbons (Fsp3) is 0.545. The summed E-state index contributed by atoms with van der Waals surface area (Å²) in [5.74, 6) is -0.979. The molecular formula is C22H26O7. The molecule has 0 aromatic heterocycles. The Bertz CT molecular complexity index is 784. The molecule has 4 atom stereocenters. The minimum atomic E-state index is -1.01. The van der Waals surface area contributed by atoms with E-state index in [0.29, 0.717) is 38.4 Å². The van der Waals surface area contributed by atoms with Gasteiger partial charge in [0.2, 0.25) is 0 Å². The van der Waals surface area contributed by atoms with Crippen LogP contribution in [-0.2, 0) is 39.9 Å². The van der Waals surface area contributed by atoms with Gasteiger partial charge in [0.05, 0.1) is 38.2 Å². The molecule has 7 heteroatoms. The molecule has 0 radical (unpaired) electrons. The molecule has 2 heterocycles. The maximum atomic E-state index is 12.3. The molecule has 1 aromatic carbocycles. The molecule has 156 valence electrons. The molecule has 2 fully saturated rings. The molecule has 1 aromatic rings. The van der Waals surface area contributed by atoms with Crippen LogP contribution in [0.1, 0.15) is 25.3 Å². The highest BCUT2D eigenvalue weighted by Gasteiger charge is 2.60. The zero-order valence-electron chi connectivity index (χ0n) is 16.7. The van der Waals surface area contributed by atoms with Crippen molar-refractivity contribution in [3.05, 3.63) is 47.7 Å². The molecule has 2 aliphatic heterocycles. The van der Waals surface area contributed by atoms with Crippen LogP contribution < -0.4 is 0 Å². The topological polar surface area (TPSA) is 80.3 Å². The van der Waals surface area contributed by atoms with Crippen molar-refractivity contribution < 1.29 is 33.3 Å². The summed E-state index contributed by atoms with van der Waals surface area (Å²) in [6.45, 7) is 3.22. The van der Waals surface area contributed by atoms with E-state index in [1.807, 2.05) is 37.3 Å². The molecule has 1 aliphatic carbocycles. The highest BCUT2D eigenvalue weighted by atomic mass is 16.7. The third-order valence-electron chi connectivity index (χ3n) is 6.08. The predicted octanol–water partition coefficient (Wildman–Crippen LogP) is 2.59. The Morgan fingerprint density at radius 2 is 1.93 bits per heavy atom. The summed E-state index contributed by atoms with van der Waals surface area (Å²) in [4.78, 5) is 24.7. The van der Waals surface area contributed by atoms with Crippen LogP contribution in [-0.4, -0.2) is 44.2 Å². The van der Waals surface area contributed by atoms with Crippen molar-refractivity contribution in [2.75, 3.05) is 20.3 Å². The van der Waals surface area contributed by atoms with E-state index in [4.69, 9.17) is 23.7 Å². The number of ether oxygens (including phenoxy) is 5. The first-order valence-corrected chi connectivity index (χ1v) is 9.96. The summed E-state index contributed by atoms with van der Waals surface area (Å²) in [6.07, 6.45) is 1.71. The van der Waals surface area contributed by atoms with Crippen LogP contribution in [0.5, 0.6) is 0 Å². The van der Waals surface area contributed by atoms with Gasteiger partial charge < -0.3 is 23.7 Å². The Morgan fingerprint density at radius 3 is 2.62 bits per heavy atom. The van der Waals surface area contributed by atoms with Crippen molar-refractivity contribution in [2.45, 2.75) is 38.3 Å². The van der Waals surface area contributed by atoms with Gasteiger partial charge in [-0.2, -0.15) is 0 Å². The summed E-state index contributed by atoms with van der Waals surface area (Å²) in [5.41, 5.74) is -0.0192. The SMILES string of the molecule is COC(=O)[C@@H]1C[C@@H](C2OCCO2)[C@]2(C[C@H]1C)OC(=O)C=C2OCc1ccccc1. The number of esters is 2. The van der Waals surface area contributed by atoms with Crippen LogP contribution in [0.3, 0.4) is 0 Å². The predicted molar refractivity (Wildman–Crippen MR) is 101 cm³/mol. The minimum absolute atomic E-state index is 0.0604. The van der Waals surface area contributed by atoms with Crippen LogP contribution in [0.2, 0.25) is 0 Å². The molecule has 0 unspecified atom stereocenters. The Balaban J connectivity index is 1.63. The van der Waals surface area contributed by atoms with Crippen molar-refractivity contribution in [2.24, 2.45) is 17.8 Å². The molecule has 0 amide bonds. The third kappa shape index (κ3) is 3.76. The number of hydrogen-bond donors (Lipinski definition) is 0.